The standard InChI is InChI=1S/C16H26N2O5S/c1-18(2)24(19,20)17-12-16(7-9-23-10-8-16)13-5-6-14(21-3)15(11-13)22-4/h5-6,11,17H,7-10,12H2,1-4H3. The number of benzene rings is 1. The van der Waals surface area contributed by atoms with Crippen LogP contribution in [-0.2, 0) is 20.4 Å². The van der Waals surface area contributed by atoms with Gasteiger partial charge in [-0.05, 0) is 30.5 Å². The molecule has 8 heteroatoms. The molecule has 1 heterocycles. The number of methoxy groups -OCH3 is 2. The first-order valence-corrected chi connectivity index (χ1v) is 9.26. The lowest BCUT2D eigenvalue weighted by Gasteiger charge is -2.38. The number of nitrogens with zero attached hydrogens (tertiary/aromatic N) is 1. The minimum atomic E-state index is -3.49. The Kier molecular flexibility index (Phi) is 6.08. The first-order chi connectivity index (χ1) is 11.3. The van der Waals surface area contributed by atoms with Crippen molar-refractivity contribution in [2.75, 3.05) is 48.1 Å². The SMILES string of the molecule is COc1ccc(C2(CNS(=O)(=O)N(C)C)CCOCC2)cc1OC. The molecule has 0 aliphatic carbocycles. The summed E-state index contributed by atoms with van der Waals surface area (Å²) < 4.78 is 44.3. The zero-order chi connectivity index (χ0) is 17.8. The summed E-state index contributed by atoms with van der Waals surface area (Å²) >= 11 is 0. The van der Waals surface area contributed by atoms with Crippen molar-refractivity contribution < 1.29 is 22.6 Å². The fourth-order valence-electron chi connectivity index (χ4n) is 2.85. The summed E-state index contributed by atoms with van der Waals surface area (Å²) in [6, 6.07) is 5.75. The molecule has 0 bridgehead atoms. The van der Waals surface area contributed by atoms with Gasteiger partial charge in [0.05, 0.1) is 14.2 Å². The van der Waals surface area contributed by atoms with Crippen molar-refractivity contribution in [1.82, 2.24) is 9.03 Å². The summed E-state index contributed by atoms with van der Waals surface area (Å²) in [6.07, 6.45) is 1.47. The lowest BCUT2D eigenvalue weighted by molar-refractivity contribution is 0.0515. The van der Waals surface area contributed by atoms with Gasteiger partial charge in [0.15, 0.2) is 11.5 Å². The third-order valence-electron chi connectivity index (χ3n) is 4.52. The van der Waals surface area contributed by atoms with Crippen LogP contribution in [0.2, 0.25) is 0 Å². The van der Waals surface area contributed by atoms with Crippen LogP contribution < -0.4 is 14.2 Å². The number of hydrogen-bond donors (Lipinski definition) is 1. The van der Waals surface area contributed by atoms with E-state index in [1.165, 1.54) is 18.4 Å². The Hall–Kier alpha value is -1.35. The third-order valence-corrected chi connectivity index (χ3v) is 5.99. The van der Waals surface area contributed by atoms with Crippen LogP contribution in [0.3, 0.4) is 0 Å². The summed E-state index contributed by atoms with van der Waals surface area (Å²) in [7, 11) is 2.71. The van der Waals surface area contributed by atoms with Gasteiger partial charge in [-0.25, -0.2) is 4.72 Å². The molecule has 0 radical (unpaired) electrons. The van der Waals surface area contributed by atoms with Crippen LogP contribution in [0.25, 0.3) is 0 Å². The van der Waals surface area contributed by atoms with E-state index in [-0.39, 0.29) is 5.41 Å². The van der Waals surface area contributed by atoms with E-state index in [4.69, 9.17) is 14.2 Å². The van der Waals surface area contributed by atoms with Gasteiger partial charge < -0.3 is 14.2 Å². The first-order valence-electron chi connectivity index (χ1n) is 7.82. The van der Waals surface area contributed by atoms with Crippen molar-refractivity contribution in [1.29, 1.82) is 0 Å². The predicted molar refractivity (Wildman–Crippen MR) is 91.9 cm³/mol. The van der Waals surface area contributed by atoms with Gasteiger partial charge in [-0.1, -0.05) is 6.07 Å². The first kappa shape index (κ1) is 19.0. The third kappa shape index (κ3) is 4.00. The zero-order valence-corrected chi connectivity index (χ0v) is 15.5. The van der Waals surface area contributed by atoms with Crippen molar-refractivity contribution >= 4 is 10.2 Å². The number of rotatable bonds is 7. The van der Waals surface area contributed by atoms with Crippen molar-refractivity contribution in [2.24, 2.45) is 0 Å². The quantitative estimate of drug-likeness (QED) is 0.791. The molecule has 1 saturated heterocycles. The monoisotopic (exact) mass is 358 g/mol. The molecular formula is C16H26N2O5S. The fourth-order valence-corrected chi connectivity index (χ4v) is 3.57. The number of nitrogens with one attached hydrogen (secondary N) is 1. The zero-order valence-electron chi connectivity index (χ0n) is 14.7. The van der Waals surface area contributed by atoms with Crippen LogP contribution in [-0.4, -0.2) is 60.8 Å². The molecule has 0 saturated carbocycles. The number of ether oxygens (including phenoxy) is 3. The van der Waals surface area contributed by atoms with Crippen LogP contribution in [0.4, 0.5) is 0 Å². The summed E-state index contributed by atoms with van der Waals surface area (Å²) in [6.45, 7) is 1.50. The smallest absolute Gasteiger partial charge is 0.278 e. The molecule has 1 aliphatic heterocycles. The molecule has 0 unspecified atom stereocenters. The van der Waals surface area contributed by atoms with E-state index in [2.05, 4.69) is 4.72 Å². The lowest BCUT2D eigenvalue weighted by atomic mass is 9.74. The maximum absolute atomic E-state index is 12.1. The Morgan fingerprint density at radius 3 is 2.33 bits per heavy atom. The highest BCUT2D eigenvalue weighted by atomic mass is 32.2. The van der Waals surface area contributed by atoms with E-state index in [9.17, 15) is 8.42 Å². The molecule has 0 amide bonds. The van der Waals surface area contributed by atoms with E-state index >= 15 is 0 Å². The molecule has 136 valence electrons. The van der Waals surface area contributed by atoms with Crippen LogP contribution in [0, 0.1) is 0 Å². The largest absolute Gasteiger partial charge is 0.493 e. The fraction of sp³-hybridized carbons (Fsp3) is 0.625. The highest BCUT2D eigenvalue weighted by molar-refractivity contribution is 7.87. The normalized spacial score (nSPS) is 17.7. The van der Waals surface area contributed by atoms with Crippen molar-refractivity contribution in [3.8, 4) is 11.5 Å². The van der Waals surface area contributed by atoms with E-state index in [1.807, 2.05) is 18.2 Å². The molecule has 1 N–H and O–H groups in total. The Morgan fingerprint density at radius 1 is 1.17 bits per heavy atom. The molecule has 0 atom stereocenters. The number of hydrogen-bond acceptors (Lipinski definition) is 5. The molecular weight excluding hydrogens is 332 g/mol. The van der Waals surface area contributed by atoms with Crippen molar-refractivity contribution in [2.45, 2.75) is 18.3 Å². The maximum Gasteiger partial charge on any atom is 0.278 e. The van der Waals surface area contributed by atoms with Gasteiger partial charge in [-0.3, -0.25) is 0 Å². The Bertz CT molecular complexity index is 654. The Balaban J connectivity index is 2.34. The highest BCUT2D eigenvalue weighted by Crippen LogP contribution is 2.39. The minimum Gasteiger partial charge on any atom is -0.493 e. The molecule has 1 aromatic rings. The summed E-state index contributed by atoms with van der Waals surface area (Å²) in [4.78, 5) is 0. The summed E-state index contributed by atoms with van der Waals surface area (Å²) in [5.74, 6) is 1.29. The Morgan fingerprint density at radius 2 is 1.79 bits per heavy atom. The second-order valence-electron chi connectivity index (χ2n) is 6.07. The van der Waals surface area contributed by atoms with Gasteiger partial charge in [0, 0.05) is 39.3 Å². The van der Waals surface area contributed by atoms with Crippen LogP contribution in [0.15, 0.2) is 18.2 Å². The molecule has 1 aromatic carbocycles. The van der Waals surface area contributed by atoms with Gasteiger partial charge >= 0.3 is 0 Å². The molecule has 0 aromatic heterocycles. The average Bonchev–Trinajstić information content (AvgIpc) is 2.60. The van der Waals surface area contributed by atoms with Crippen LogP contribution in [0.5, 0.6) is 11.5 Å². The second-order valence-corrected chi connectivity index (χ2v) is 8.04. The lowest BCUT2D eigenvalue weighted by Crippen LogP contribution is -2.47. The molecule has 24 heavy (non-hydrogen) atoms. The maximum atomic E-state index is 12.1. The van der Waals surface area contributed by atoms with E-state index in [0.717, 1.165) is 18.4 Å². The van der Waals surface area contributed by atoms with Gasteiger partial charge in [0.25, 0.3) is 10.2 Å². The van der Waals surface area contributed by atoms with E-state index in [1.54, 1.807) is 14.2 Å². The molecule has 1 aliphatic rings. The minimum absolute atomic E-state index is 0.312. The van der Waals surface area contributed by atoms with E-state index in [0.29, 0.717) is 31.3 Å². The molecule has 0 spiro atoms. The predicted octanol–water partition coefficient (Wildman–Crippen LogP) is 1.15. The summed E-state index contributed by atoms with van der Waals surface area (Å²) in [5.41, 5.74) is 0.686. The van der Waals surface area contributed by atoms with Gasteiger partial charge in [0.2, 0.25) is 0 Å². The van der Waals surface area contributed by atoms with Crippen molar-refractivity contribution in [3.05, 3.63) is 23.8 Å². The second kappa shape index (κ2) is 7.69. The van der Waals surface area contributed by atoms with Crippen LogP contribution in [0.1, 0.15) is 18.4 Å². The van der Waals surface area contributed by atoms with Crippen LogP contribution >= 0.6 is 0 Å². The van der Waals surface area contributed by atoms with E-state index < -0.39 is 10.2 Å². The molecule has 1 fully saturated rings. The topological polar surface area (TPSA) is 77.1 Å². The average molecular weight is 358 g/mol. The highest BCUT2D eigenvalue weighted by Gasteiger charge is 2.36. The van der Waals surface area contributed by atoms with Gasteiger partial charge in [-0.15, -0.1) is 0 Å². The summed E-state index contributed by atoms with van der Waals surface area (Å²) in [5, 5.41) is 0. The molecule has 2 rings (SSSR count). The Labute approximate surface area is 144 Å². The van der Waals surface area contributed by atoms with Gasteiger partial charge in [-0.2, -0.15) is 12.7 Å². The molecule has 7 nitrogen and oxygen atoms in total. The van der Waals surface area contributed by atoms with Gasteiger partial charge in [0.1, 0.15) is 0 Å². The van der Waals surface area contributed by atoms with Crippen molar-refractivity contribution in [3.63, 3.8) is 0 Å².